The van der Waals surface area contributed by atoms with Crippen LogP contribution in [-0.4, -0.2) is 22.2 Å². The summed E-state index contributed by atoms with van der Waals surface area (Å²) >= 11 is 0. The summed E-state index contributed by atoms with van der Waals surface area (Å²) in [4.78, 5) is 24.0. The molecule has 86 valence electrons. The van der Waals surface area contributed by atoms with Crippen molar-refractivity contribution in [1.82, 2.24) is 4.98 Å². The van der Waals surface area contributed by atoms with Crippen LogP contribution in [0.3, 0.4) is 0 Å². The van der Waals surface area contributed by atoms with Gasteiger partial charge in [-0.1, -0.05) is 12.1 Å². The number of hydrogen-bond acceptors (Lipinski definition) is 4. The summed E-state index contributed by atoms with van der Waals surface area (Å²) in [6, 6.07) is 8.23. The lowest BCUT2D eigenvalue weighted by atomic mass is 10.2. The number of Topliss-reactive ketones (excluding diaryl/α,β-unsaturated/α-hetero) is 1. The van der Waals surface area contributed by atoms with Crippen LogP contribution >= 0.6 is 0 Å². The molecule has 0 amide bonds. The Kier molecular flexibility index (Phi) is 2.91. The summed E-state index contributed by atoms with van der Waals surface area (Å²) in [5.74, 6) is -0.507. The number of phenols is 1. The molecule has 0 radical (unpaired) electrons. The Hall–Kier alpha value is -2.56. The molecule has 5 heteroatoms. The Morgan fingerprint density at radius 2 is 2.12 bits per heavy atom. The number of carbonyl (C=O) groups excluding carboxylic acids is 2. The minimum Gasteiger partial charge on any atom is -0.506 e. The molecule has 2 rings (SSSR count). The maximum Gasteiger partial charge on any atom is 0.241 e. The highest BCUT2D eigenvalue weighted by molar-refractivity contribution is 6.32. The van der Waals surface area contributed by atoms with E-state index in [1.54, 1.807) is 30.5 Å². The van der Waals surface area contributed by atoms with Gasteiger partial charge in [-0.05, 0) is 18.2 Å². The van der Waals surface area contributed by atoms with Crippen LogP contribution in [0.25, 0.3) is 0 Å². The van der Waals surface area contributed by atoms with E-state index in [4.69, 9.17) is 0 Å². The number of phenolic OH excluding ortho intramolecular Hbond substituents is 1. The van der Waals surface area contributed by atoms with Gasteiger partial charge in [0.05, 0.1) is 17.1 Å². The summed E-state index contributed by atoms with van der Waals surface area (Å²) in [6.07, 6.45) is 1.79. The Morgan fingerprint density at radius 1 is 1.35 bits per heavy atom. The number of carbonyl (C=O) groups is 2. The number of aromatic nitrogens is 1. The van der Waals surface area contributed by atoms with E-state index in [1.165, 1.54) is 6.07 Å². The average Bonchev–Trinajstić information content (AvgIpc) is 2.80. The second-order valence-electron chi connectivity index (χ2n) is 3.43. The first-order valence-corrected chi connectivity index (χ1v) is 4.93. The number of para-hydroxylation sites is 2. The van der Waals surface area contributed by atoms with Gasteiger partial charge in [0.25, 0.3) is 0 Å². The van der Waals surface area contributed by atoms with E-state index in [0.29, 0.717) is 11.4 Å². The molecule has 0 saturated carbocycles. The van der Waals surface area contributed by atoms with Gasteiger partial charge in [-0.2, -0.15) is 0 Å². The molecule has 1 heterocycles. The molecule has 0 aliphatic rings. The Bertz CT molecular complexity index is 560. The molecule has 0 aliphatic heterocycles. The van der Waals surface area contributed by atoms with E-state index in [-0.39, 0.29) is 17.7 Å². The van der Waals surface area contributed by atoms with Crippen molar-refractivity contribution >= 4 is 23.4 Å². The number of hydrogen-bond donors (Lipinski definition) is 3. The number of rotatable bonds is 4. The number of nitrogens with one attached hydrogen (secondary N) is 2. The zero-order chi connectivity index (χ0) is 12.3. The molecule has 0 atom stereocenters. The monoisotopic (exact) mass is 230 g/mol. The number of anilines is 2. The molecule has 0 spiro atoms. The number of ketones is 1. The number of aromatic amines is 1. The zero-order valence-electron chi connectivity index (χ0n) is 8.81. The van der Waals surface area contributed by atoms with Crippen molar-refractivity contribution in [3.63, 3.8) is 0 Å². The number of H-pyrrole nitrogens is 1. The first kappa shape index (κ1) is 10.9. The van der Waals surface area contributed by atoms with Gasteiger partial charge in [-0.15, -0.1) is 0 Å². The van der Waals surface area contributed by atoms with Gasteiger partial charge in [0.15, 0.2) is 6.29 Å². The summed E-state index contributed by atoms with van der Waals surface area (Å²) in [5.41, 5.74) is 1.33. The fraction of sp³-hybridized carbons (Fsp3) is 0. The topological polar surface area (TPSA) is 82.2 Å². The maximum absolute atomic E-state index is 11.1. The Morgan fingerprint density at radius 3 is 2.82 bits per heavy atom. The van der Waals surface area contributed by atoms with Crippen molar-refractivity contribution in [3.05, 3.63) is 42.2 Å². The molecule has 0 fully saturated rings. The molecule has 0 unspecified atom stereocenters. The summed E-state index contributed by atoms with van der Waals surface area (Å²) < 4.78 is 0. The minimum atomic E-state index is -0.615. The smallest absolute Gasteiger partial charge is 0.241 e. The Balaban J connectivity index is 2.20. The van der Waals surface area contributed by atoms with E-state index >= 15 is 0 Å². The minimum absolute atomic E-state index is 0.108. The van der Waals surface area contributed by atoms with Crippen LogP contribution in [0.15, 0.2) is 36.5 Å². The third-order valence-electron chi connectivity index (χ3n) is 2.24. The van der Waals surface area contributed by atoms with Crippen molar-refractivity contribution in [3.8, 4) is 5.75 Å². The van der Waals surface area contributed by atoms with Crippen molar-refractivity contribution in [2.75, 3.05) is 5.32 Å². The highest BCUT2D eigenvalue weighted by Gasteiger charge is 2.07. The summed E-state index contributed by atoms with van der Waals surface area (Å²) in [6.45, 7) is 0. The second kappa shape index (κ2) is 4.52. The van der Waals surface area contributed by atoms with Crippen molar-refractivity contribution in [1.29, 1.82) is 0 Å². The predicted molar refractivity (Wildman–Crippen MR) is 62.6 cm³/mol. The number of aromatic hydroxyl groups is 1. The highest BCUT2D eigenvalue weighted by atomic mass is 16.3. The van der Waals surface area contributed by atoms with Gasteiger partial charge < -0.3 is 15.4 Å². The van der Waals surface area contributed by atoms with E-state index in [0.717, 1.165) is 0 Å². The van der Waals surface area contributed by atoms with E-state index in [1.807, 2.05) is 0 Å². The molecule has 0 aliphatic carbocycles. The van der Waals surface area contributed by atoms with E-state index in [2.05, 4.69) is 10.3 Å². The highest BCUT2D eigenvalue weighted by Crippen LogP contribution is 2.25. The number of benzene rings is 1. The normalized spacial score (nSPS) is 9.88. The van der Waals surface area contributed by atoms with Gasteiger partial charge in [0, 0.05) is 6.20 Å². The average molecular weight is 230 g/mol. The van der Waals surface area contributed by atoms with Crippen molar-refractivity contribution in [2.24, 2.45) is 0 Å². The van der Waals surface area contributed by atoms with Crippen LogP contribution in [0.5, 0.6) is 5.75 Å². The maximum atomic E-state index is 11.1. The molecular weight excluding hydrogens is 220 g/mol. The van der Waals surface area contributed by atoms with E-state index < -0.39 is 5.78 Å². The molecular formula is C12H10N2O3. The summed E-state index contributed by atoms with van der Waals surface area (Å²) in [5, 5.41) is 12.5. The van der Waals surface area contributed by atoms with E-state index in [9.17, 15) is 14.7 Å². The van der Waals surface area contributed by atoms with Crippen molar-refractivity contribution in [2.45, 2.75) is 0 Å². The molecule has 3 N–H and O–H groups in total. The SMILES string of the molecule is O=CC(=O)c1cc(Nc2ccccc2O)c[nH]1. The van der Waals surface area contributed by atoms with Crippen LogP contribution in [0, 0.1) is 0 Å². The fourth-order valence-corrected chi connectivity index (χ4v) is 1.41. The molecule has 0 bridgehead atoms. The molecule has 17 heavy (non-hydrogen) atoms. The van der Waals surface area contributed by atoms with Crippen LogP contribution < -0.4 is 5.32 Å². The van der Waals surface area contributed by atoms with Crippen molar-refractivity contribution < 1.29 is 14.7 Å². The lowest BCUT2D eigenvalue weighted by molar-refractivity contribution is -0.104. The first-order valence-electron chi connectivity index (χ1n) is 4.93. The lowest BCUT2D eigenvalue weighted by Crippen LogP contribution is -1.99. The molecule has 1 aromatic carbocycles. The van der Waals surface area contributed by atoms with Crippen LogP contribution in [0.4, 0.5) is 11.4 Å². The molecule has 0 saturated heterocycles. The van der Waals surface area contributed by atoms with Gasteiger partial charge in [0.1, 0.15) is 5.75 Å². The number of aldehydes is 1. The molecule has 5 nitrogen and oxygen atoms in total. The van der Waals surface area contributed by atoms with Crippen LogP contribution in [0.2, 0.25) is 0 Å². The lowest BCUT2D eigenvalue weighted by Gasteiger charge is -2.04. The molecule has 1 aromatic heterocycles. The van der Waals surface area contributed by atoms with Crippen LogP contribution in [0.1, 0.15) is 10.5 Å². The quantitative estimate of drug-likeness (QED) is 0.324. The van der Waals surface area contributed by atoms with Gasteiger partial charge in [-0.3, -0.25) is 9.59 Å². The summed E-state index contributed by atoms with van der Waals surface area (Å²) in [7, 11) is 0. The Labute approximate surface area is 97.1 Å². The van der Waals surface area contributed by atoms with Gasteiger partial charge in [0.2, 0.25) is 5.78 Å². The van der Waals surface area contributed by atoms with Gasteiger partial charge >= 0.3 is 0 Å². The first-order chi connectivity index (χ1) is 8.20. The zero-order valence-corrected chi connectivity index (χ0v) is 8.81. The third kappa shape index (κ3) is 2.34. The second-order valence-corrected chi connectivity index (χ2v) is 3.43. The predicted octanol–water partition coefficient (Wildman–Crippen LogP) is 1.85. The standard InChI is InChI=1S/C12H10N2O3/c15-7-12(17)10-5-8(6-13-10)14-9-3-1-2-4-11(9)16/h1-7,13-14,16H. The third-order valence-corrected chi connectivity index (χ3v) is 2.24. The molecule has 2 aromatic rings. The fourth-order valence-electron chi connectivity index (χ4n) is 1.41. The largest absolute Gasteiger partial charge is 0.506 e. The van der Waals surface area contributed by atoms with Gasteiger partial charge in [-0.25, -0.2) is 0 Å². The van der Waals surface area contributed by atoms with Crippen LogP contribution in [-0.2, 0) is 4.79 Å².